The maximum absolute atomic E-state index is 13.7. The van der Waals surface area contributed by atoms with Crippen LogP contribution in [-0.4, -0.2) is 51.9 Å². The molecule has 0 unspecified atom stereocenters. The Hall–Kier alpha value is -3.87. The first kappa shape index (κ1) is 24.3. The van der Waals surface area contributed by atoms with E-state index in [1.165, 1.54) is 0 Å². The van der Waals surface area contributed by atoms with Crippen LogP contribution in [0.2, 0.25) is 0 Å². The fourth-order valence-corrected chi connectivity index (χ4v) is 4.38. The van der Waals surface area contributed by atoms with Crippen molar-refractivity contribution >= 4 is 5.91 Å². The first-order valence-corrected chi connectivity index (χ1v) is 11.6. The van der Waals surface area contributed by atoms with Crippen molar-refractivity contribution < 1.29 is 28.5 Å². The Balaban J connectivity index is 1.69. The number of amides is 1. The molecule has 0 N–H and O–H groups in total. The molecule has 1 heterocycles. The Morgan fingerprint density at radius 1 is 0.857 bits per heavy atom. The van der Waals surface area contributed by atoms with E-state index in [9.17, 15) is 4.79 Å². The number of rotatable bonds is 9. The molecule has 1 amide bonds. The molecule has 1 aliphatic heterocycles. The van der Waals surface area contributed by atoms with Crippen molar-refractivity contribution in [2.45, 2.75) is 19.4 Å². The average molecular weight is 478 g/mol. The van der Waals surface area contributed by atoms with E-state index >= 15 is 0 Å². The molecule has 0 radical (unpaired) electrons. The zero-order chi connectivity index (χ0) is 24.8. The summed E-state index contributed by atoms with van der Waals surface area (Å²) in [7, 11) is 4.84. The van der Waals surface area contributed by atoms with E-state index in [2.05, 4.69) is 0 Å². The van der Waals surface area contributed by atoms with Crippen molar-refractivity contribution in [2.75, 3.05) is 41.1 Å². The molecule has 0 aliphatic carbocycles. The molecule has 1 atom stereocenters. The molecule has 1 aliphatic rings. The second-order valence-electron chi connectivity index (χ2n) is 8.09. The van der Waals surface area contributed by atoms with Gasteiger partial charge in [-0.2, -0.15) is 0 Å². The predicted octanol–water partition coefficient (Wildman–Crippen LogP) is 4.93. The highest BCUT2D eigenvalue weighted by atomic mass is 16.5. The quantitative estimate of drug-likeness (QED) is 0.435. The molecule has 7 nitrogen and oxygen atoms in total. The lowest BCUT2D eigenvalue weighted by molar-refractivity contribution is 0.0587. The number of fused-ring (bicyclic) bond motifs is 1. The first-order valence-electron chi connectivity index (χ1n) is 11.6. The molecule has 35 heavy (non-hydrogen) atoms. The number of methoxy groups -OCH3 is 3. The summed E-state index contributed by atoms with van der Waals surface area (Å²) in [5, 5.41) is 0. The predicted molar refractivity (Wildman–Crippen MR) is 133 cm³/mol. The Labute approximate surface area is 206 Å². The molecule has 0 bridgehead atoms. The number of hydrogen-bond donors (Lipinski definition) is 0. The SMILES string of the molecule is CCOc1ccc(C(=O)N2CCc3cc(OC)c(OC)cc3[C@H]2COc2ccccc2OC)cc1. The molecular formula is C28H31NO6. The van der Waals surface area contributed by atoms with Crippen LogP contribution in [0.15, 0.2) is 60.7 Å². The fourth-order valence-electron chi connectivity index (χ4n) is 4.38. The fraction of sp³-hybridized carbons (Fsp3) is 0.321. The van der Waals surface area contributed by atoms with Crippen molar-refractivity contribution in [1.29, 1.82) is 0 Å². The van der Waals surface area contributed by atoms with Crippen LogP contribution in [-0.2, 0) is 6.42 Å². The van der Waals surface area contributed by atoms with Crippen molar-refractivity contribution in [3.05, 3.63) is 77.4 Å². The highest BCUT2D eigenvalue weighted by molar-refractivity contribution is 5.95. The van der Waals surface area contributed by atoms with Gasteiger partial charge in [-0.25, -0.2) is 0 Å². The lowest BCUT2D eigenvalue weighted by Gasteiger charge is -2.37. The summed E-state index contributed by atoms with van der Waals surface area (Å²) >= 11 is 0. The molecule has 7 heteroatoms. The summed E-state index contributed by atoms with van der Waals surface area (Å²) in [5.41, 5.74) is 2.68. The largest absolute Gasteiger partial charge is 0.494 e. The minimum absolute atomic E-state index is 0.0675. The minimum atomic E-state index is -0.331. The van der Waals surface area contributed by atoms with Crippen molar-refractivity contribution in [1.82, 2.24) is 4.90 Å². The number of carbonyl (C=O) groups excluding carboxylic acids is 1. The number of nitrogens with zero attached hydrogens (tertiary/aromatic N) is 1. The molecule has 0 fully saturated rings. The third-order valence-electron chi connectivity index (χ3n) is 6.14. The minimum Gasteiger partial charge on any atom is -0.494 e. The number of carbonyl (C=O) groups is 1. The van der Waals surface area contributed by atoms with Gasteiger partial charge in [-0.15, -0.1) is 0 Å². The van der Waals surface area contributed by atoms with E-state index in [-0.39, 0.29) is 18.6 Å². The molecule has 184 valence electrons. The van der Waals surface area contributed by atoms with Gasteiger partial charge in [0.15, 0.2) is 23.0 Å². The normalized spacial score (nSPS) is 14.6. The van der Waals surface area contributed by atoms with Gasteiger partial charge in [0.2, 0.25) is 0 Å². The van der Waals surface area contributed by atoms with Crippen LogP contribution in [0.25, 0.3) is 0 Å². The summed E-state index contributed by atoms with van der Waals surface area (Å²) in [5.74, 6) is 3.21. The van der Waals surface area contributed by atoms with Crippen LogP contribution >= 0.6 is 0 Å². The van der Waals surface area contributed by atoms with E-state index in [4.69, 9.17) is 23.7 Å². The van der Waals surface area contributed by atoms with Gasteiger partial charge in [0, 0.05) is 12.1 Å². The summed E-state index contributed by atoms with van der Waals surface area (Å²) in [4.78, 5) is 15.5. The Kier molecular flexibility index (Phi) is 7.65. The number of benzene rings is 3. The monoisotopic (exact) mass is 477 g/mol. The van der Waals surface area contributed by atoms with Crippen LogP contribution < -0.4 is 23.7 Å². The summed E-state index contributed by atoms with van der Waals surface area (Å²) < 4.78 is 28.3. The van der Waals surface area contributed by atoms with Crippen molar-refractivity contribution in [3.8, 4) is 28.7 Å². The Morgan fingerprint density at radius 2 is 1.51 bits per heavy atom. The van der Waals surface area contributed by atoms with E-state index < -0.39 is 0 Å². The van der Waals surface area contributed by atoms with E-state index in [0.717, 1.165) is 16.9 Å². The second-order valence-corrected chi connectivity index (χ2v) is 8.09. The lowest BCUT2D eigenvalue weighted by Crippen LogP contribution is -2.42. The van der Waals surface area contributed by atoms with Gasteiger partial charge in [-0.1, -0.05) is 12.1 Å². The topological polar surface area (TPSA) is 66.5 Å². The van der Waals surface area contributed by atoms with Gasteiger partial charge in [0.25, 0.3) is 5.91 Å². The molecular weight excluding hydrogens is 446 g/mol. The zero-order valence-electron chi connectivity index (χ0n) is 20.6. The van der Waals surface area contributed by atoms with Gasteiger partial charge in [0.1, 0.15) is 12.4 Å². The summed E-state index contributed by atoms with van der Waals surface area (Å²) in [6.07, 6.45) is 0.698. The summed E-state index contributed by atoms with van der Waals surface area (Å²) in [6, 6.07) is 18.3. The van der Waals surface area contributed by atoms with Gasteiger partial charge >= 0.3 is 0 Å². The zero-order valence-corrected chi connectivity index (χ0v) is 20.6. The van der Waals surface area contributed by atoms with E-state index in [1.54, 1.807) is 33.5 Å². The third kappa shape index (κ3) is 5.14. The van der Waals surface area contributed by atoms with E-state index in [0.29, 0.717) is 48.1 Å². The maximum atomic E-state index is 13.7. The van der Waals surface area contributed by atoms with Crippen LogP contribution in [0.3, 0.4) is 0 Å². The van der Waals surface area contributed by atoms with Gasteiger partial charge in [-0.05, 0) is 73.0 Å². The molecule has 4 rings (SSSR count). The smallest absolute Gasteiger partial charge is 0.254 e. The van der Waals surface area contributed by atoms with Crippen LogP contribution in [0, 0.1) is 0 Å². The Morgan fingerprint density at radius 3 is 2.17 bits per heavy atom. The summed E-state index contributed by atoms with van der Waals surface area (Å²) in [6.45, 7) is 3.31. The Bertz CT molecular complexity index is 1160. The first-order chi connectivity index (χ1) is 17.1. The van der Waals surface area contributed by atoms with Crippen LogP contribution in [0.4, 0.5) is 0 Å². The number of ether oxygens (including phenoxy) is 5. The molecule has 3 aromatic carbocycles. The number of para-hydroxylation sites is 2. The average Bonchev–Trinajstić information content (AvgIpc) is 2.91. The van der Waals surface area contributed by atoms with Crippen molar-refractivity contribution in [2.24, 2.45) is 0 Å². The molecule has 0 aromatic heterocycles. The maximum Gasteiger partial charge on any atom is 0.254 e. The lowest BCUT2D eigenvalue weighted by atomic mass is 9.91. The van der Waals surface area contributed by atoms with E-state index in [1.807, 2.05) is 60.4 Å². The standard InChI is InChI=1S/C28H31NO6/c1-5-34-21-12-10-19(11-13-21)28(30)29-15-14-20-16-26(32-3)27(33-4)17-22(20)23(29)18-35-25-9-7-6-8-24(25)31-2/h6-13,16-17,23H,5,14-15,18H2,1-4H3/t23-/m1/s1. The molecule has 0 saturated heterocycles. The van der Waals surface area contributed by atoms with Crippen LogP contribution in [0.1, 0.15) is 34.5 Å². The molecule has 3 aromatic rings. The van der Waals surface area contributed by atoms with Gasteiger partial charge < -0.3 is 28.6 Å². The highest BCUT2D eigenvalue weighted by Crippen LogP contribution is 2.39. The van der Waals surface area contributed by atoms with Gasteiger partial charge in [-0.3, -0.25) is 4.79 Å². The van der Waals surface area contributed by atoms with Crippen LogP contribution in [0.5, 0.6) is 28.7 Å². The molecule has 0 spiro atoms. The highest BCUT2D eigenvalue weighted by Gasteiger charge is 2.33. The third-order valence-corrected chi connectivity index (χ3v) is 6.14. The van der Waals surface area contributed by atoms with Gasteiger partial charge in [0.05, 0.1) is 34.0 Å². The molecule has 0 saturated carbocycles. The number of hydrogen-bond acceptors (Lipinski definition) is 6. The van der Waals surface area contributed by atoms with Crippen molar-refractivity contribution in [3.63, 3.8) is 0 Å². The second kappa shape index (κ2) is 11.0.